The minimum atomic E-state index is 0.0346. The number of amides is 1. The molecule has 2 aromatic carbocycles. The van der Waals surface area contributed by atoms with Gasteiger partial charge in [-0.05, 0) is 36.1 Å². The van der Waals surface area contributed by atoms with Crippen molar-refractivity contribution in [3.05, 3.63) is 70.2 Å². The van der Waals surface area contributed by atoms with E-state index in [1.807, 2.05) is 35.2 Å². The van der Waals surface area contributed by atoms with E-state index >= 15 is 0 Å². The zero-order chi connectivity index (χ0) is 19.9. The van der Waals surface area contributed by atoms with Crippen LogP contribution in [0.3, 0.4) is 0 Å². The van der Waals surface area contributed by atoms with Gasteiger partial charge >= 0.3 is 0 Å². The third-order valence-corrected chi connectivity index (χ3v) is 5.29. The van der Waals surface area contributed by atoms with E-state index in [9.17, 15) is 4.79 Å². The van der Waals surface area contributed by atoms with Gasteiger partial charge in [0.25, 0.3) is 0 Å². The van der Waals surface area contributed by atoms with Gasteiger partial charge in [0, 0.05) is 38.1 Å². The number of aliphatic imine (C=N–C) groups is 1. The molecule has 1 aliphatic heterocycles. The molecule has 28 heavy (non-hydrogen) atoms. The van der Waals surface area contributed by atoms with Gasteiger partial charge in [-0.3, -0.25) is 9.79 Å². The number of nitrogens with one attached hydrogen (secondary N) is 2. The van der Waals surface area contributed by atoms with Gasteiger partial charge in [0.1, 0.15) is 0 Å². The lowest BCUT2D eigenvalue weighted by molar-refractivity contribution is -0.128. The SMILES string of the molecule is CN=C(NCc1cccc(CN2CCCC2=O)c1)NC(C)c1ccccc1Cl. The standard InChI is InChI=1S/C22H27ClN4O/c1-16(19-9-3-4-10-20(19)23)26-22(24-2)25-14-17-7-5-8-18(13-17)15-27-12-6-11-21(27)28/h3-5,7-10,13,16H,6,11-12,14-15H2,1-2H3,(H2,24,25,26). The van der Waals surface area contributed by atoms with E-state index < -0.39 is 0 Å². The number of carbonyl (C=O) groups excluding carboxylic acids is 1. The van der Waals surface area contributed by atoms with Gasteiger partial charge < -0.3 is 15.5 Å². The monoisotopic (exact) mass is 398 g/mol. The highest BCUT2D eigenvalue weighted by atomic mass is 35.5. The third kappa shape index (κ3) is 5.26. The van der Waals surface area contributed by atoms with Crippen molar-refractivity contribution in [2.75, 3.05) is 13.6 Å². The Morgan fingerprint density at radius 2 is 2.00 bits per heavy atom. The topological polar surface area (TPSA) is 56.7 Å². The van der Waals surface area contributed by atoms with Gasteiger partial charge in [0.2, 0.25) is 5.91 Å². The maximum Gasteiger partial charge on any atom is 0.222 e. The van der Waals surface area contributed by atoms with Crippen LogP contribution in [0.15, 0.2) is 53.5 Å². The molecule has 1 atom stereocenters. The van der Waals surface area contributed by atoms with Gasteiger partial charge in [-0.25, -0.2) is 0 Å². The largest absolute Gasteiger partial charge is 0.352 e. The van der Waals surface area contributed by atoms with E-state index in [-0.39, 0.29) is 11.9 Å². The molecule has 1 fully saturated rings. The second-order valence-corrected chi connectivity index (χ2v) is 7.46. The first-order valence-corrected chi connectivity index (χ1v) is 10.0. The number of hydrogen-bond acceptors (Lipinski definition) is 2. The Hall–Kier alpha value is -2.53. The van der Waals surface area contributed by atoms with Gasteiger partial charge in [0.05, 0.1) is 6.04 Å². The molecule has 1 unspecified atom stereocenters. The first-order valence-electron chi connectivity index (χ1n) is 9.64. The molecule has 1 amide bonds. The van der Waals surface area contributed by atoms with Crippen LogP contribution in [0.1, 0.15) is 42.5 Å². The Morgan fingerprint density at radius 3 is 2.71 bits per heavy atom. The molecule has 3 rings (SSSR count). The van der Waals surface area contributed by atoms with Crippen LogP contribution in [-0.2, 0) is 17.9 Å². The van der Waals surface area contributed by atoms with Crippen LogP contribution in [0, 0.1) is 0 Å². The average Bonchev–Trinajstić information content (AvgIpc) is 3.10. The van der Waals surface area contributed by atoms with E-state index in [1.165, 1.54) is 0 Å². The molecule has 0 aliphatic carbocycles. The molecular weight excluding hydrogens is 372 g/mol. The lowest BCUT2D eigenvalue weighted by atomic mass is 10.1. The summed E-state index contributed by atoms with van der Waals surface area (Å²) >= 11 is 6.29. The molecule has 148 valence electrons. The Morgan fingerprint density at radius 1 is 1.21 bits per heavy atom. The van der Waals surface area contributed by atoms with Crippen molar-refractivity contribution in [1.29, 1.82) is 0 Å². The number of halogens is 1. The highest BCUT2D eigenvalue weighted by Gasteiger charge is 2.20. The number of benzene rings is 2. The predicted octanol–water partition coefficient (Wildman–Crippen LogP) is 3.89. The fourth-order valence-electron chi connectivity index (χ4n) is 3.42. The first-order chi connectivity index (χ1) is 13.6. The smallest absolute Gasteiger partial charge is 0.222 e. The molecule has 0 aromatic heterocycles. The Kier molecular flexibility index (Phi) is 6.93. The van der Waals surface area contributed by atoms with Crippen LogP contribution >= 0.6 is 11.6 Å². The Balaban J connectivity index is 1.57. The third-order valence-electron chi connectivity index (χ3n) is 4.94. The van der Waals surface area contributed by atoms with Crippen LogP contribution in [0.2, 0.25) is 5.02 Å². The summed E-state index contributed by atoms with van der Waals surface area (Å²) in [5.74, 6) is 0.967. The highest BCUT2D eigenvalue weighted by molar-refractivity contribution is 6.31. The zero-order valence-electron chi connectivity index (χ0n) is 16.4. The number of carbonyl (C=O) groups is 1. The van der Waals surface area contributed by atoms with E-state index in [1.54, 1.807) is 7.05 Å². The number of guanidine groups is 1. The minimum Gasteiger partial charge on any atom is -0.352 e. The molecule has 0 bridgehead atoms. The fourth-order valence-corrected chi connectivity index (χ4v) is 3.72. The molecule has 1 saturated heterocycles. The first kappa shape index (κ1) is 20.2. The summed E-state index contributed by atoms with van der Waals surface area (Å²) in [6.45, 7) is 4.25. The van der Waals surface area contributed by atoms with Crippen molar-refractivity contribution in [2.24, 2.45) is 4.99 Å². The number of rotatable bonds is 6. The molecule has 6 heteroatoms. The maximum atomic E-state index is 11.8. The summed E-state index contributed by atoms with van der Waals surface area (Å²) in [5.41, 5.74) is 3.34. The summed E-state index contributed by atoms with van der Waals surface area (Å²) < 4.78 is 0. The average molecular weight is 399 g/mol. The van der Waals surface area contributed by atoms with Crippen molar-refractivity contribution >= 4 is 23.5 Å². The van der Waals surface area contributed by atoms with Gasteiger partial charge in [-0.2, -0.15) is 0 Å². The quantitative estimate of drug-likeness (QED) is 0.573. The summed E-state index contributed by atoms with van der Waals surface area (Å²) in [6, 6.07) is 16.2. The summed E-state index contributed by atoms with van der Waals surface area (Å²) in [7, 11) is 1.75. The fraction of sp³-hybridized carbons (Fsp3) is 0.364. The summed E-state index contributed by atoms with van der Waals surface area (Å²) in [4.78, 5) is 18.1. The van der Waals surface area contributed by atoms with Crippen LogP contribution in [-0.4, -0.2) is 30.4 Å². The molecule has 2 aromatic rings. The lowest BCUT2D eigenvalue weighted by Gasteiger charge is -2.20. The number of likely N-dealkylation sites (tertiary alicyclic amines) is 1. The predicted molar refractivity (Wildman–Crippen MR) is 114 cm³/mol. The number of hydrogen-bond donors (Lipinski definition) is 2. The Bertz CT molecular complexity index is 852. The maximum absolute atomic E-state index is 11.8. The minimum absolute atomic E-state index is 0.0346. The van der Waals surface area contributed by atoms with Crippen molar-refractivity contribution in [2.45, 2.75) is 38.9 Å². The summed E-state index contributed by atoms with van der Waals surface area (Å²) in [5, 5.41) is 7.46. The second-order valence-electron chi connectivity index (χ2n) is 7.05. The molecule has 2 N–H and O–H groups in total. The molecular formula is C22H27ClN4O. The van der Waals surface area contributed by atoms with E-state index in [2.05, 4.69) is 40.7 Å². The van der Waals surface area contributed by atoms with Crippen molar-refractivity contribution < 1.29 is 4.79 Å². The molecule has 5 nitrogen and oxygen atoms in total. The van der Waals surface area contributed by atoms with E-state index in [0.717, 1.165) is 34.7 Å². The molecule has 0 radical (unpaired) electrons. The summed E-state index contributed by atoms with van der Waals surface area (Å²) in [6.07, 6.45) is 1.64. The van der Waals surface area contributed by atoms with E-state index in [4.69, 9.17) is 11.6 Å². The van der Waals surface area contributed by atoms with Crippen LogP contribution < -0.4 is 10.6 Å². The van der Waals surface area contributed by atoms with Crippen molar-refractivity contribution in [3.63, 3.8) is 0 Å². The highest BCUT2D eigenvalue weighted by Crippen LogP contribution is 2.22. The zero-order valence-corrected chi connectivity index (χ0v) is 17.2. The molecule has 0 spiro atoms. The van der Waals surface area contributed by atoms with Gasteiger partial charge in [-0.1, -0.05) is 54.1 Å². The second kappa shape index (κ2) is 9.60. The Labute approximate surface area is 171 Å². The van der Waals surface area contributed by atoms with Crippen molar-refractivity contribution in [1.82, 2.24) is 15.5 Å². The molecule has 1 aliphatic rings. The van der Waals surface area contributed by atoms with Crippen LogP contribution in [0.5, 0.6) is 0 Å². The van der Waals surface area contributed by atoms with Crippen molar-refractivity contribution in [3.8, 4) is 0 Å². The van der Waals surface area contributed by atoms with Gasteiger partial charge in [0.15, 0.2) is 5.96 Å². The normalized spacial score (nSPS) is 15.6. The van der Waals surface area contributed by atoms with E-state index in [0.29, 0.717) is 25.5 Å². The number of nitrogens with zero attached hydrogens (tertiary/aromatic N) is 2. The molecule has 0 saturated carbocycles. The van der Waals surface area contributed by atoms with Gasteiger partial charge in [-0.15, -0.1) is 0 Å². The van der Waals surface area contributed by atoms with Crippen LogP contribution in [0.4, 0.5) is 0 Å². The van der Waals surface area contributed by atoms with Crippen LogP contribution in [0.25, 0.3) is 0 Å². The lowest BCUT2D eigenvalue weighted by Crippen LogP contribution is -2.38. The molecule has 1 heterocycles.